The summed E-state index contributed by atoms with van der Waals surface area (Å²) in [4.78, 5) is 11.9. The Balaban J connectivity index is 2.96. The minimum Gasteiger partial charge on any atom is -0.508 e. The molecule has 0 aliphatic heterocycles. The molecule has 0 heterocycles. The van der Waals surface area contributed by atoms with Crippen molar-refractivity contribution in [3.63, 3.8) is 0 Å². The molecule has 0 saturated carbocycles. The van der Waals surface area contributed by atoms with Gasteiger partial charge in [0.05, 0.1) is 16.7 Å². The van der Waals surface area contributed by atoms with Crippen molar-refractivity contribution in [3.8, 4) is 5.75 Å². The Bertz CT molecular complexity index is 464. The molecule has 1 aromatic carbocycles. The third-order valence-corrected chi connectivity index (χ3v) is 3.15. The fourth-order valence-electron chi connectivity index (χ4n) is 1.19. The molecule has 0 aliphatic rings. The van der Waals surface area contributed by atoms with E-state index in [0.717, 1.165) is 6.07 Å². The number of aliphatic hydroxyl groups is 1. The van der Waals surface area contributed by atoms with Crippen LogP contribution in [0.1, 0.15) is 38.1 Å². The average Bonchev–Trinajstić information content (AvgIpc) is 2.14. The van der Waals surface area contributed by atoms with Gasteiger partial charge >= 0.3 is 0 Å². The number of hydrogen-bond acceptors (Lipinski definition) is 3. The highest BCUT2D eigenvalue weighted by Gasteiger charge is 2.36. The van der Waals surface area contributed by atoms with Crippen molar-refractivity contribution in [3.05, 3.63) is 29.6 Å². The molecule has 1 amide bonds. The Morgan fingerprint density at radius 2 is 1.83 bits per heavy atom. The zero-order valence-corrected chi connectivity index (χ0v) is 10.9. The van der Waals surface area contributed by atoms with E-state index in [-0.39, 0.29) is 11.3 Å². The Labute approximate surface area is 105 Å². The maximum atomic E-state index is 13.5. The molecule has 5 heteroatoms. The van der Waals surface area contributed by atoms with Gasteiger partial charge in [-0.3, -0.25) is 4.79 Å². The molecular weight excluding hydrogens is 237 g/mol. The average molecular weight is 255 g/mol. The van der Waals surface area contributed by atoms with Gasteiger partial charge in [-0.2, -0.15) is 0 Å². The van der Waals surface area contributed by atoms with E-state index in [1.54, 1.807) is 27.7 Å². The second-order valence-electron chi connectivity index (χ2n) is 5.30. The lowest BCUT2D eigenvalue weighted by Crippen LogP contribution is -2.57. The first-order valence-corrected chi connectivity index (χ1v) is 5.58. The summed E-state index contributed by atoms with van der Waals surface area (Å²) in [5, 5.41) is 21.5. The van der Waals surface area contributed by atoms with Gasteiger partial charge < -0.3 is 15.5 Å². The molecule has 0 atom stereocenters. The van der Waals surface area contributed by atoms with Crippen molar-refractivity contribution in [1.82, 2.24) is 5.32 Å². The van der Waals surface area contributed by atoms with Crippen LogP contribution in [0.25, 0.3) is 0 Å². The minimum absolute atomic E-state index is 0.176. The number of phenolic OH excluding ortho intramolecular Hbond substituents is 1. The number of halogens is 1. The Hall–Kier alpha value is -1.62. The first-order valence-electron chi connectivity index (χ1n) is 5.58. The SMILES string of the molecule is CC(C)(O)C(C)(C)NC(=O)c1ccc(O)cc1F. The Kier molecular flexibility index (Phi) is 3.67. The number of amides is 1. The van der Waals surface area contributed by atoms with Gasteiger partial charge in [0.15, 0.2) is 0 Å². The van der Waals surface area contributed by atoms with Gasteiger partial charge in [-0.25, -0.2) is 4.39 Å². The summed E-state index contributed by atoms with van der Waals surface area (Å²) in [6, 6.07) is 3.29. The molecule has 0 spiro atoms. The highest BCUT2D eigenvalue weighted by Crippen LogP contribution is 2.22. The summed E-state index contributed by atoms with van der Waals surface area (Å²) in [6.07, 6.45) is 0. The molecule has 0 unspecified atom stereocenters. The predicted molar refractivity (Wildman–Crippen MR) is 65.9 cm³/mol. The summed E-state index contributed by atoms with van der Waals surface area (Å²) in [7, 11) is 0. The van der Waals surface area contributed by atoms with E-state index >= 15 is 0 Å². The highest BCUT2D eigenvalue weighted by atomic mass is 19.1. The number of nitrogens with one attached hydrogen (secondary N) is 1. The third kappa shape index (κ3) is 2.98. The molecule has 0 fully saturated rings. The standard InChI is InChI=1S/C13H18FNO3/c1-12(2,13(3,4)18)15-11(17)9-6-5-8(16)7-10(9)14/h5-7,16,18H,1-4H3,(H,15,17). The van der Waals surface area contributed by atoms with E-state index < -0.39 is 22.9 Å². The molecule has 0 bridgehead atoms. The van der Waals surface area contributed by atoms with Crippen LogP contribution in [0.5, 0.6) is 5.75 Å². The number of carbonyl (C=O) groups excluding carboxylic acids is 1. The van der Waals surface area contributed by atoms with E-state index in [1.807, 2.05) is 0 Å². The van der Waals surface area contributed by atoms with Crippen LogP contribution in [0.4, 0.5) is 4.39 Å². The largest absolute Gasteiger partial charge is 0.508 e. The maximum absolute atomic E-state index is 13.5. The van der Waals surface area contributed by atoms with Gasteiger partial charge in [-0.05, 0) is 39.8 Å². The zero-order valence-electron chi connectivity index (χ0n) is 10.9. The second kappa shape index (κ2) is 4.57. The van der Waals surface area contributed by atoms with Crippen molar-refractivity contribution in [2.24, 2.45) is 0 Å². The minimum atomic E-state index is -1.16. The van der Waals surface area contributed by atoms with Crippen molar-refractivity contribution in [1.29, 1.82) is 0 Å². The second-order valence-corrected chi connectivity index (χ2v) is 5.30. The molecule has 18 heavy (non-hydrogen) atoms. The molecule has 1 aromatic rings. The topological polar surface area (TPSA) is 69.6 Å². The molecular formula is C13H18FNO3. The van der Waals surface area contributed by atoms with E-state index in [2.05, 4.69) is 5.32 Å². The third-order valence-electron chi connectivity index (χ3n) is 3.15. The number of carbonyl (C=O) groups is 1. The number of aromatic hydroxyl groups is 1. The van der Waals surface area contributed by atoms with Crippen molar-refractivity contribution in [2.75, 3.05) is 0 Å². The fourth-order valence-corrected chi connectivity index (χ4v) is 1.19. The van der Waals surface area contributed by atoms with Crippen molar-refractivity contribution in [2.45, 2.75) is 38.8 Å². The van der Waals surface area contributed by atoms with Gasteiger partial charge in [0.25, 0.3) is 5.91 Å². The smallest absolute Gasteiger partial charge is 0.254 e. The summed E-state index contributed by atoms with van der Waals surface area (Å²) in [5.74, 6) is -1.69. The van der Waals surface area contributed by atoms with Crippen LogP contribution in [0.3, 0.4) is 0 Å². The molecule has 0 aliphatic carbocycles. The number of phenols is 1. The first kappa shape index (κ1) is 14.4. The lowest BCUT2D eigenvalue weighted by Gasteiger charge is -2.38. The van der Waals surface area contributed by atoms with E-state index in [4.69, 9.17) is 5.11 Å². The van der Waals surface area contributed by atoms with Crippen LogP contribution in [-0.4, -0.2) is 27.3 Å². The van der Waals surface area contributed by atoms with Crippen LogP contribution < -0.4 is 5.32 Å². The highest BCUT2D eigenvalue weighted by molar-refractivity contribution is 5.95. The number of rotatable bonds is 3. The normalized spacial score (nSPS) is 12.3. The van der Waals surface area contributed by atoms with Gasteiger partial charge in [0.1, 0.15) is 11.6 Å². The van der Waals surface area contributed by atoms with Gasteiger partial charge in [-0.15, -0.1) is 0 Å². The quantitative estimate of drug-likeness (QED) is 0.771. The summed E-state index contributed by atoms with van der Waals surface area (Å²) in [6.45, 7) is 6.40. The van der Waals surface area contributed by atoms with Crippen molar-refractivity contribution < 1.29 is 19.4 Å². The van der Waals surface area contributed by atoms with Gasteiger partial charge in [-0.1, -0.05) is 0 Å². The fraction of sp³-hybridized carbons (Fsp3) is 0.462. The predicted octanol–water partition coefficient (Wildman–Crippen LogP) is 1.81. The Morgan fingerprint density at radius 3 is 2.28 bits per heavy atom. The van der Waals surface area contributed by atoms with Crippen LogP contribution in [-0.2, 0) is 0 Å². The van der Waals surface area contributed by atoms with Gasteiger partial charge in [0, 0.05) is 6.07 Å². The van der Waals surface area contributed by atoms with E-state index in [0.29, 0.717) is 0 Å². The summed E-state index contributed by atoms with van der Waals surface area (Å²) < 4.78 is 13.5. The molecule has 4 nitrogen and oxygen atoms in total. The van der Waals surface area contributed by atoms with Crippen LogP contribution in [0.2, 0.25) is 0 Å². The molecule has 1 rings (SSSR count). The summed E-state index contributed by atoms with van der Waals surface area (Å²) in [5.41, 5.74) is -2.25. The molecule has 100 valence electrons. The van der Waals surface area contributed by atoms with E-state index in [9.17, 15) is 14.3 Å². The molecule has 3 N–H and O–H groups in total. The molecule has 0 saturated heterocycles. The molecule has 0 aromatic heterocycles. The van der Waals surface area contributed by atoms with Crippen LogP contribution in [0, 0.1) is 5.82 Å². The number of benzene rings is 1. The zero-order chi connectivity index (χ0) is 14.1. The monoisotopic (exact) mass is 255 g/mol. The van der Waals surface area contributed by atoms with Crippen molar-refractivity contribution >= 4 is 5.91 Å². The molecule has 0 radical (unpaired) electrons. The number of hydrogen-bond donors (Lipinski definition) is 3. The van der Waals surface area contributed by atoms with Crippen LogP contribution >= 0.6 is 0 Å². The Morgan fingerprint density at radius 1 is 1.28 bits per heavy atom. The van der Waals surface area contributed by atoms with Gasteiger partial charge in [0.2, 0.25) is 0 Å². The first-order chi connectivity index (χ1) is 8.04. The van der Waals surface area contributed by atoms with Crippen LogP contribution in [0.15, 0.2) is 18.2 Å². The lowest BCUT2D eigenvalue weighted by atomic mass is 9.85. The van der Waals surface area contributed by atoms with E-state index in [1.165, 1.54) is 12.1 Å². The lowest BCUT2D eigenvalue weighted by molar-refractivity contribution is -0.00300. The maximum Gasteiger partial charge on any atom is 0.254 e. The summed E-state index contributed by atoms with van der Waals surface area (Å²) >= 11 is 0.